The van der Waals surface area contributed by atoms with Crippen LogP contribution in [0.5, 0.6) is 0 Å². The molecule has 1 heterocycles. The zero-order chi connectivity index (χ0) is 21.9. The van der Waals surface area contributed by atoms with E-state index in [0.29, 0.717) is 24.2 Å². The van der Waals surface area contributed by atoms with Gasteiger partial charge in [0.2, 0.25) is 0 Å². The summed E-state index contributed by atoms with van der Waals surface area (Å²) >= 11 is 0. The Bertz CT molecular complexity index is 912. The number of carbonyl (C=O) groups is 2. The molecule has 6 atom stereocenters. The molecule has 31 heavy (non-hydrogen) atoms. The van der Waals surface area contributed by atoms with Crippen LogP contribution in [0, 0.1) is 52.8 Å². The molecule has 172 valence electrons. The molecule has 6 aliphatic carbocycles. The van der Waals surface area contributed by atoms with Crippen molar-refractivity contribution in [3.05, 3.63) is 0 Å². The second-order valence-electron chi connectivity index (χ2n) is 11.0. The number of carbonyl (C=O) groups excluding carboxylic acids is 2. The van der Waals surface area contributed by atoms with Crippen molar-refractivity contribution in [2.24, 2.45) is 52.8 Å². The zero-order valence-electron chi connectivity index (χ0n) is 16.9. The van der Waals surface area contributed by atoms with E-state index in [2.05, 4.69) is 0 Å². The van der Waals surface area contributed by atoms with E-state index in [-0.39, 0.29) is 29.3 Å². The molecule has 6 saturated carbocycles. The van der Waals surface area contributed by atoms with E-state index in [1.165, 1.54) is 19.3 Å². The molecule has 1 N–H and O–H groups in total. The third kappa shape index (κ3) is 2.72. The summed E-state index contributed by atoms with van der Waals surface area (Å²) in [5, 5.41) is -4.58. The van der Waals surface area contributed by atoms with Gasteiger partial charge in [0.05, 0.1) is 11.8 Å². The maximum Gasteiger partial charge on any atom is 0.402 e. The normalized spacial score (nSPS) is 49.5. The van der Waals surface area contributed by atoms with E-state index < -0.39 is 45.8 Å². The van der Waals surface area contributed by atoms with Crippen molar-refractivity contribution in [1.29, 1.82) is 0 Å². The lowest BCUT2D eigenvalue weighted by molar-refractivity contribution is -0.164. The van der Waals surface area contributed by atoms with Crippen LogP contribution in [0.15, 0.2) is 0 Å². The second-order valence-corrected chi connectivity index (χ2v) is 12.6. The van der Waals surface area contributed by atoms with E-state index in [4.69, 9.17) is 14.0 Å². The second kappa shape index (κ2) is 6.18. The lowest BCUT2D eigenvalue weighted by Crippen LogP contribution is -2.55. The SMILES string of the molecule is O=C1OC2C3CC(C(C(=O)OCC(F)(F)S(=O)(=O)O)C13)C2C12CC3CC(CC(C3)C1)C2. The molecule has 7 fully saturated rings. The van der Waals surface area contributed by atoms with Crippen LogP contribution < -0.4 is 0 Å². The molecule has 0 aromatic heterocycles. The Hall–Kier alpha value is -1.29. The van der Waals surface area contributed by atoms with E-state index >= 15 is 0 Å². The van der Waals surface area contributed by atoms with Crippen molar-refractivity contribution in [1.82, 2.24) is 0 Å². The number of rotatable bonds is 5. The van der Waals surface area contributed by atoms with Crippen LogP contribution in [-0.2, 0) is 29.2 Å². The van der Waals surface area contributed by atoms with Gasteiger partial charge in [0.15, 0.2) is 6.61 Å². The predicted octanol–water partition coefficient (Wildman–Crippen LogP) is 2.65. The summed E-state index contributed by atoms with van der Waals surface area (Å²) in [6.07, 6.45) is 7.43. The Morgan fingerprint density at radius 2 is 1.68 bits per heavy atom. The Balaban J connectivity index is 1.28. The standard InChI is InChI=1S/C21H26F2O7S/c22-21(23,31(26,27)28)8-29-18(24)14-12-4-13-15(14)19(25)30-17(13)16(12)20-5-9-1-10(6-20)3-11(2-9)7-20/h9-17H,1-8H2,(H,26,27,28). The number of ether oxygens (including phenoxy) is 2. The third-order valence-corrected chi connectivity index (χ3v) is 10.3. The first-order valence-electron chi connectivity index (χ1n) is 11.2. The molecule has 0 radical (unpaired) electrons. The van der Waals surface area contributed by atoms with Crippen molar-refractivity contribution in [3.8, 4) is 0 Å². The average Bonchev–Trinajstić information content (AvgIpc) is 3.26. The molecule has 7 aliphatic rings. The van der Waals surface area contributed by atoms with Gasteiger partial charge in [0, 0.05) is 11.8 Å². The van der Waals surface area contributed by atoms with Crippen LogP contribution in [0.25, 0.3) is 0 Å². The first-order chi connectivity index (χ1) is 14.5. The Morgan fingerprint density at radius 1 is 1.10 bits per heavy atom. The van der Waals surface area contributed by atoms with Crippen molar-refractivity contribution in [3.63, 3.8) is 0 Å². The smallest absolute Gasteiger partial charge is 0.402 e. The Kier molecular flexibility index (Phi) is 4.05. The van der Waals surface area contributed by atoms with Crippen LogP contribution in [0.4, 0.5) is 8.78 Å². The summed E-state index contributed by atoms with van der Waals surface area (Å²) < 4.78 is 68.1. The summed E-state index contributed by atoms with van der Waals surface area (Å²) in [5.74, 6) is -1.23. The molecule has 7 rings (SSSR count). The molecule has 0 amide bonds. The van der Waals surface area contributed by atoms with E-state index in [1.54, 1.807) is 0 Å². The molecule has 0 aromatic carbocycles. The fraction of sp³-hybridized carbons (Fsp3) is 0.905. The van der Waals surface area contributed by atoms with Crippen molar-refractivity contribution < 1.29 is 40.8 Å². The monoisotopic (exact) mass is 460 g/mol. The van der Waals surface area contributed by atoms with E-state index in [0.717, 1.165) is 19.3 Å². The first-order valence-corrected chi connectivity index (χ1v) is 12.6. The lowest BCUT2D eigenvalue weighted by Gasteiger charge is -2.61. The Morgan fingerprint density at radius 3 is 2.23 bits per heavy atom. The molecule has 1 aliphatic heterocycles. The van der Waals surface area contributed by atoms with Crippen molar-refractivity contribution >= 4 is 22.1 Å². The molecule has 10 heteroatoms. The summed E-state index contributed by atoms with van der Waals surface area (Å²) in [6.45, 7) is -1.76. The molecule has 7 nitrogen and oxygen atoms in total. The molecule has 6 bridgehead atoms. The van der Waals surface area contributed by atoms with Gasteiger partial charge in [-0.2, -0.15) is 17.2 Å². The minimum Gasteiger partial charge on any atom is -0.461 e. The molecular formula is C21H26F2O7S. The predicted molar refractivity (Wildman–Crippen MR) is 100 cm³/mol. The van der Waals surface area contributed by atoms with Gasteiger partial charge in [-0.25, -0.2) is 0 Å². The number of esters is 2. The zero-order valence-corrected chi connectivity index (χ0v) is 17.7. The Labute approximate surface area is 179 Å². The van der Waals surface area contributed by atoms with E-state index in [9.17, 15) is 26.8 Å². The van der Waals surface area contributed by atoms with Gasteiger partial charge in [-0.15, -0.1) is 0 Å². The largest absolute Gasteiger partial charge is 0.461 e. The molecule has 1 saturated heterocycles. The van der Waals surface area contributed by atoms with Crippen LogP contribution in [0.2, 0.25) is 0 Å². The summed E-state index contributed by atoms with van der Waals surface area (Å²) in [4.78, 5) is 25.5. The maximum atomic E-state index is 13.6. The van der Waals surface area contributed by atoms with Gasteiger partial charge >= 0.3 is 27.3 Å². The topological polar surface area (TPSA) is 107 Å². The quantitative estimate of drug-likeness (QED) is 0.496. The minimum absolute atomic E-state index is 0.0331. The third-order valence-electron chi connectivity index (χ3n) is 9.44. The van der Waals surface area contributed by atoms with Gasteiger partial charge in [0.1, 0.15) is 6.10 Å². The highest BCUT2D eigenvalue weighted by molar-refractivity contribution is 7.86. The van der Waals surface area contributed by atoms with Gasteiger partial charge in [-0.05, 0) is 74.0 Å². The van der Waals surface area contributed by atoms with Gasteiger partial charge in [0.25, 0.3) is 0 Å². The van der Waals surface area contributed by atoms with Crippen LogP contribution in [-0.4, -0.2) is 42.9 Å². The fourth-order valence-corrected chi connectivity index (χ4v) is 9.30. The lowest BCUT2D eigenvalue weighted by atomic mass is 9.44. The number of fused-ring (bicyclic) bond motifs is 1. The van der Waals surface area contributed by atoms with Crippen LogP contribution >= 0.6 is 0 Å². The van der Waals surface area contributed by atoms with E-state index in [1.807, 2.05) is 0 Å². The van der Waals surface area contributed by atoms with Gasteiger partial charge in [-0.3, -0.25) is 14.1 Å². The van der Waals surface area contributed by atoms with Crippen molar-refractivity contribution in [2.75, 3.05) is 6.61 Å². The molecular weight excluding hydrogens is 434 g/mol. The number of hydrogen-bond donors (Lipinski definition) is 1. The number of alkyl halides is 2. The number of hydrogen-bond acceptors (Lipinski definition) is 6. The highest BCUT2D eigenvalue weighted by Gasteiger charge is 2.73. The van der Waals surface area contributed by atoms with Crippen LogP contribution in [0.3, 0.4) is 0 Å². The summed E-state index contributed by atoms with van der Waals surface area (Å²) in [7, 11) is -5.70. The molecule has 0 aromatic rings. The van der Waals surface area contributed by atoms with Crippen LogP contribution in [0.1, 0.15) is 44.9 Å². The number of halogens is 2. The van der Waals surface area contributed by atoms with Gasteiger partial charge in [-0.1, -0.05) is 0 Å². The van der Waals surface area contributed by atoms with Gasteiger partial charge < -0.3 is 9.47 Å². The minimum atomic E-state index is -5.70. The maximum absolute atomic E-state index is 13.6. The summed E-state index contributed by atoms with van der Waals surface area (Å²) in [6, 6.07) is 0. The summed E-state index contributed by atoms with van der Waals surface area (Å²) in [5.41, 5.74) is 0.0331. The average molecular weight is 460 g/mol. The first kappa shape index (κ1) is 20.3. The highest BCUT2D eigenvalue weighted by atomic mass is 32.2. The van der Waals surface area contributed by atoms with Crippen molar-refractivity contribution in [2.45, 2.75) is 56.3 Å². The molecule has 0 spiro atoms. The molecule has 6 unspecified atom stereocenters. The fourth-order valence-electron chi connectivity index (χ4n) is 9.09. The highest BCUT2D eigenvalue weighted by Crippen LogP contribution is 2.72.